The first-order chi connectivity index (χ1) is 12.5. The molecule has 1 aliphatic heterocycles. The number of ether oxygens (including phenoxy) is 2. The summed E-state index contributed by atoms with van der Waals surface area (Å²) in [6.45, 7) is 8.47. The molecule has 0 atom stereocenters. The summed E-state index contributed by atoms with van der Waals surface area (Å²) in [6, 6.07) is 7.31. The molecule has 0 saturated carbocycles. The molecule has 0 spiro atoms. The van der Waals surface area contributed by atoms with Crippen molar-refractivity contribution in [1.29, 1.82) is 0 Å². The average Bonchev–Trinajstić information content (AvgIpc) is 2.63. The van der Waals surface area contributed by atoms with E-state index in [4.69, 9.17) is 14.6 Å². The van der Waals surface area contributed by atoms with Gasteiger partial charge in [0.25, 0.3) is 0 Å². The van der Waals surface area contributed by atoms with Gasteiger partial charge in [0.2, 0.25) is 6.79 Å². The van der Waals surface area contributed by atoms with Gasteiger partial charge in [-0.1, -0.05) is 26.0 Å². The van der Waals surface area contributed by atoms with Gasteiger partial charge in [-0.3, -0.25) is 14.6 Å². The number of benzene rings is 1. The van der Waals surface area contributed by atoms with E-state index >= 15 is 0 Å². The number of carbonyl (C=O) groups excluding carboxylic acids is 2. The van der Waals surface area contributed by atoms with Gasteiger partial charge in [0.1, 0.15) is 0 Å². The number of hydrogen-bond donors (Lipinski definition) is 1. The molecule has 7 nitrogen and oxygen atoms in total. The van der Waals surface area contributed by atoms with Crippen LogP contribution in [0.25, 0.3) is 0 Å². The molecule has 2 rings (SSSR count). The summed E-state index contributed by atoms with van der Waals surface area (Å²) in [7, 11) is 0. The lowest BCUT2D eigenvalue weighted by Gasteiger charge is -2.34. The summed E-state index contributed by atoms with van der Waals surface area (Å²) in [5, 5.41) is 8.99. The summed E-state index contributed by atoms with van der Waals surface area (Å²) in [4.78, 5) is 28.0. The molecule has 0 aromatic heterocycles. The Labute approximate surface area is 154 Å². The molecule has 7 heteroatoms. The minimum Gasteiger partial charge on any atom is -0.428 e. The molecule has 144 valence electrons. The van der Waals surface area contributed by atoms with Gasteiger partial charge >= 0.3 is 11.9 Å². The van der Waals surface area contributed by atoms with Crippen LogP contribution in [0.3, 0.4) is 0 Å². The summed E-state index contributed by atoms with van der Waals surface area (Å²) < 4.78 is 9.87. The quantitative estimate of drug-likeness (QED) is 0.547. The Balaban J connectivity index is 1.82. The van der Waals surface area contributed by atoms with Crippen LogP contribution in [-0.2, 0) is 20.8 Å². The van der Waals surface area contributed by atoms with E-state index in [1.165, 1.54) is 0 Å². The van der Waals surface area contributed by atoms with Crippen molar-refractivity contribution in [3.8, 4) is 0 Å². The van der Waals surface area contributed by atoms with Gasteiger partial charge in [-0.25, -0.2) is 4.79 Å². The molecule has 1 saturated heterocycles. The van der Waals surface area contributed by atoms with Crippen LogP contribution in [0.1, 0.15) is 29.8 Å². The topological polar surface area (TPSA) is 79.3 Å². The summed E-state index contributed by atoms with van der Waals surface area (Å²) in [6.07, 6.45) is 0. The molecule has 1 fully saturated rings. The first-order valence-electron chi connectivity index (χ1n) is 8.98. The standard InChI is InChI=1S/C19H28N2O5/c1-15(2)18(23)25-14-26-19(24)17-5-3-4-16(12-17)13-21-8-6-20(7-9-21)10-11-22/h3-5,12,15,22H,6-11,13-14H2,1-2H3. The van der Waals surface area contributed by atoms with Crippen LogP contribution < -0.4 is 0 Å². The SMILES string of the molecule is CC(C)C(=O)OCOC(=O)c1cccc(CN2CCN(CCO)CC2)c1. The van der Waals surface area contributed by atoms with Gasteiger partial charge in [-0.05, 0) is 17.7 Å². The van der Waals surface area contributed by atoms with Crippen molar-refractivity contribution < 1.29 is 24.2 Å². The predicted octanol–water partition coefficient (Wildman–Crippen LogP) is 1.11. The molecule has 0 radical (unpaired) electrons. The van der Waals surface area contributed by atoms with Crippen molar-refractivity contribution in [3.63, 3.8) is 0 Å². The molecule has 1 aromatic carbocycles. The summed E-state index contributed by atoms with van der Waals surface area (Å²) in [5.41, 5.74) is 1.48. The number of esters is 2. The van der Waals surface area contributed by atoms with Gasteiger partial charge < -0.3 is 14.6 Å². The highest BCUT2D eigenvalue weighted by Gasteiger charge is 2.17. The van der Waals surface area contributed by atoms with E-state index in [2.05, 4.69) is 9.80 Å². The van der Waals surface area contributed by atoms with Gasteiger partial charge in [-0.2, -0.15) is 0 Å². The van der Waals surface area contributed by atoms with Crippen LogP contribution in [0.5, 0.6) is 0 Å². The van der Waals surface area contributed by atoms with Crippen molar-refractivity contribution in [1.82, 2.24) is 9.80 Å². The van der Waals surface area contributed by atoms with Crippen molar-refractivity contribution in [2.45, 2.75) is 20.4 Å². The van der Waals surface area contributed by atoms with Crippen LogP contribution in [0.2, 0.25) is 0 Å². The predicted molar refractivity (Wildman–Crippen MR) is 96.5 cm³/mol. The Kier molecular flexibility index (Phi) is 8.03. The van der Waals surface area contributed by atoms with Crippen molar-refractivity contribution in [2.75, 3.05) is 46.1 Å². The van der Waals surface area contributed by atoms with Crippen LogP contribution >= 0.6 is 0 Å². The molecule has 1 aromatic rings. The molecular formula is C19H28N2O5. The molecule has 1 heterocycles. The fourth-order valence-corrected chi connectivity index (χ4v) is 2.76. The lowest BCUT2D eigenvalue weighted by molar-refractivity contribution is -0.155. The maximum Gasteiger partial charge on any atom is 0.341 e. The Bertz CT molecular complexity index is 597. The number of nitrogens with zero attached hydrogens (tertiary/aromatic N) is 2. The number of aliphatic hydroxyl groups excluding tert-OH is 1. The molecule has 0 amide bonds. The number of aliphatic hydroxyl groups is 1. The van der Waals surface area contributed by atoms with Gasteiger partial charge in [0.05, 0.1) is 18.1 Å². The third kappa shape index (κ3) is 6.40. The normalized spacial score (nSPS) is 15.8. The number of β-amino-alcohol motifs (C(OH)–C–C–N with tert-alkyl or cyclic N) is 1. The van der Waals surface area contributed by atoms with E-state index in [0.29, 0.717) is 5.56 Å². The lowest BCUT2D eigenvalue weighted by Crippen LogP contribution is -2.46. The maximum absolute atomic E-state index is 12.1. The Hall–Kier alpha value is -1.96. The minimum atomic E-state index is -0.504. The highest BCUT2D eigenvalue weighted by atomic mass is 16.7. The van der Waals surface area contributed by atoms with E-state index in [9.17, 15) is 9.59 Å². The number of hydrogen-bond acceptors (Lipinski definition) is 7. The minimum absolute atomic E-state index is 0.191. The van der Waals surface area contributed by atoms with Crippen molar-refractivity contribution >= 4 is 11.9 Å². The van der Waals surface area contributed by atoms with Gasteiger partial charge in [-0.15, -0.1) is 0 Å². The largest absolute Gasteiger partial charge is 0.428 e. The zero-order valence-electron chi connectivity index (χ0n) is 15.5. The summed E-state index contributed by atoms with van der Waals surface area (Å²) in [5.74, 6) is -1.15. The van der Waals surface area contributed by atoms with E-state index in [1.807, 2.05) is 18.2 Å². The van der Waals surface area contributed by atoms with Crippen LogP contribution in [0.15, 0.2) is 24.3 Å². The van der Waals surface area contributed by atoms with E-state index in [0.717, 1.165) is 44.8 Å². The van der Waals surface area contributed by atoms with E-state index in [1.54, 1.807) is 19.9 Å². The molecule has 0 unspecified atom stereocenters. The maximum atomic E-state index is 12.1. The Morgan fingerprint density at radius 1 is 1.12 bits per heavy atom. The first kappa shape index (κ1) is 20.4. The fourth-order valence-electron chi connectivity index (χ4n) is 2.76. The highest BCUT2D eigenvalue weighted by molar-refractivity contribution is 5.89. The molecule has 1 aliphatic rings. The molecular weight excluding hydrogens is 336 g/mol. The zero-order valence-corrected chi connectivity index (χ0v) is 15.5. The fraction of sp³-hybridized carbons (Fsp3) is 0.579. The molecule has 26 heavy (non-hydrogen) atoms. The zero-order chi connectivity index (χ0) is 18.9. The van der Waals surface area contributed by atoms with Crippen LogP contribution in [-0.4, -0.2) is 73.0 Å². The van der Waals surface area contributed by atoms with Crippen LogP contribution in [0, 0.1) is 5.92 Å². The lowest BCUT2D eigenvalue weighted by atomic mass is 10.1. The monoisotopic (exact) mass is 364 g/mol. The second kappa shape index (κ2) is 10.3. The molecule has 1 N–H and O–H groups in total. The average molecular weight is 364 g/mol. The Morgan fingerprint density at radius 3 is 2.46 bits per heavy atom. The Morgan fingerprint density at radius 2 is 1.81 bits per heavy atom. The summed E-state index contributed by atoms with van der Waals surface area (Å²) >= 11 is 0. The number of piperazine rings is 1. The van der Waals surface area contributed by atoms with Crippen molar-refractivity contribution in [2.24, 2.45) is 5.92 Å². The smallest absolute Gasteiger partial charge is 0.341 e. The molecule has 0 bridgehead atoms. The number of carbonyl (C=O) groups is 2. The highest BCUT2D eigenvalue weighted by Crippen LogP contribution is 2.12. The van der Waals surface area contributed by atoms with Gasteiger partial charge in [0.15, 0.2) is 0 Å². The second-order valence-corrected chi connectivity index (χ2v) is 6.71. The third-order valence-corrected chi connectivity index (χ3v) is 4.31. The molecule has 0 aliphatic carbocycles. The first-order valence-corrected chi connectivity index (χ1v) is 8.98. The van der Waals surface area contributed by atoms with E-state index < -0.39 is 11.9 Å². The van der Waals surface area contributed by atoms with Crippen LogP contribution in [0.4, 0.5) is 0 Å². The second-order valence-electron chi connectivity index (χ2n) is 6.71. The van der Waals surface area contributed by atoms with Gasteiger partial charge in [0, 0.05) is 39.3 Å². The van der Waals surface area contributed by atoms with E-state index in [-0.39, 0.29) is 19.3 Å². The van der Waals surface area contributed by atoms with Crippen molar-refractivity contribution in [3.05, 3.63) is 35.4 Å². The third-order valence-electron chi connectivity index (χ3n) is 4.31. The number of rotatable bonds is 8.